The van der Waals surface area contributed by atoms with Crippen LogP contribution in [-0.4, -0.2) is 15.0 Å². The minimum atomic E-state index is 0.120. The number of nitrogen functional groups attached to an aromatic ring is 1. The molecule has 5 nitrogen and oxygen atoms in total. The van der Waals surface area contributed by atoms with Crippen molar-refractivity contribution in [3.63, 3.8) is 0 Å². The SMILES string of the molecule is CCc1cnc(C(C)Nc2ccnc(N)n2)s1. The van der Waals surface area contributed by atoms with Gasteiger partial charge in [0.25, 0.3) is 0 Å². The Morgan fingerprint density at radius 1 is 1.47 bits per heavy atom. The monoisotopic (exact) mass is 249 g/mol. The molecule has 0 aromatic carbocycles. The smallest absolute Gasteiger partial charge is 0.221 e. The second-order valence-corrected chi connectivity index (χ2v) is 4.83. The van der Waals surface area contributed by atoms with Crippen molar-refractivity contribution in [2.24, 2.45) is 0 Å². The fourth-order valence-electron chi connectivity index (χ4n) is 1.42. The molecule has 0 saturated carbocycles. The Hall–Kier alpha value is -1.69. The minimum absolute atomic E-state index is 0.120. The van der Waals surface area contributed by atoms with Crippen LogP contribution in [0.1, 0.15) is 29.8 Å². The molecule has 2 rings (SSSR count). The van der Waals surface area contributed by atoms with Crippen LogP contribution in [0, 0.1) is 0 Å². The van der Waals surface area contributed by atoms with Gasteiger partial charge < -0.3 is 11.1 Å². The molecule has 0 radical (unpaired) electrons. The average molecular weight is 249 g/mol. The van der Waals surface area contributed by atoms with Crippen LogP contribution in [0.25, 0.3) is 0 Å². The maximum Gasteiger partial charge on any atom is 0.221 e. The molecule has 0 aliphatic rings. The van der Waals surface area contributed by atoms with Crippen LogP contribution in [0.2, 0.25) is 0 Å². The standard InChI is InChI=1S/C11H15N5S/c1-3-8-6-14-10(17-8)7(2)15-9-4-5-13-11(12)16-9/h4-7H,3H2,1-2H3,(H3,12,13,15,16). The summed E-state index contributed by atoms with van der Waals surface area (Å²) in [6, 6.07) is 1.91. The van der Waals surface area contributed by atoms with Crippen molar-refractivity contribution in [2.45, 2.75) is 26.3 Å². The molecule has 0 bridgehead atoms. The zero-order valence-corrected chi connectivity index (χ0v) is 10.7. The van der Waals surface area contributed by atoms with Gasteiger partial charge in [0, 0.05) is 17.3 Å². The van der Waals surface area contributed by atoms with Crippen LogP contribution in [0.15, 0.2) is 18.5 Å². The van der Waals surface area contributed by atoms with Crippen LogP contribution in [0.4, 0.5) is 11.8 Å². The summed E-state index contributed by atoms with van der Waals surface area (Å²) in [5, 5.41) is 4.31. The maximum atomic E-state index is 5.52. The molecule has 0 spiro atoms. The van der Waals surface area contributed by atoms with Gasteiger partial charge in [0.2, 0.25) is 5.95 Å². The maximum absolute atomic E-state index is 5.52. The second kappa shape index (κ2) is 5.09. The van der Waals surface area contributed by atoms with Gasteiger partial charge in [0.1, 0.15) is 10.8 Å². The number of nitrogens with two attached hydrogens (primary N) is 1. The number of aromatic nitrogens is 3. The molecule has 3 N–H and O–H groups in total. The zero-order valence-electron chi connectivity index (χ0n) is 9.84. The summed E-state index contributed by atoms with van der Waals surface area (Å²) in [5.41, 5.74) is 5.52. The number of nitrogens with one attached hydrogen (secondary N) is 1. The van der Waals surface area contributed by atoms with Crippen molar-refractivity contribution in [2.75, 3.05) is 11.1 Å². The van der Waals surface area contributed by atoms with Gasteiger partial charge in [-0.15, -0.1) is 11.3 Å². The van der Waals surface area contributed by atoms with Crippen LogP contribution >= 0.6 is 11.3 Å². The van der Waals surface area contributed by atoms with Gasteiger partial charge in [-0.1, -0.05) is 6.92 Å². The summed E-state index contributed by atoms with van der Waals surface area (Å²) in [6.07, 6.45) is 4.58. The molecular weight excluding hydrogens is 234 g/mol. The van der Waals surface area contributed by atoms with E-state index < -0.39 is 0 Å². The third-order valence-electron chi connectivity index (χ3n) is 2.33. The largest absolute Gasteiger partial charge is 0.368 e. The van der Waals surface area contributed by atoms with Gasteiger partial charge >= 0.3 is 0 Å². The molecule has 2 heterocycles. The predicted octanol–water partition coefficient (Wildman–Crippen LogP) is 2.25. The number of anilines is 2. The Bertz CT molecular complexity index is 496. The van der Waals surface area contributed by atoms with Crippen LogP contribution in [0.5, 0.6) is 0 Å². The molecule has 0 fully saturated rings. The third kappa shape index (κ3) is 2.91. The predicted molar refractivity (Wildman–Crippen MR) is 70.0 cm³/mol. The summed E-state index contributed by atoms with van der Waals surface area (Å²) in [4.78, 5) is 13.6. The van der Waals surface area contributed by atoms with Crippen molar-refractivity contribution in [1.82, 2.24) is 15.0 Å². The lowest BCUT2D eigenvalue weighted by atomic mass is 10.3. The molecule has 90 valence electrons. The molecular formula is C11H15N5S. The van der Waals surface area contributed by atoms with E-state index in [0.29, 0.717) is 0 Å². The van der Waals surface area contributed by atoms with E-state index in [4.69, 9.17) is 5.73 Å². The Kier molecular flexibility index (Phi) is 3.53. The minimum Gasteiger partial charge on any atom is -0.368 e. The Balaban J connectivity index is 2.08. The summed E-state index contributed by atoms with van der Waals surface area (Å²) in [5.74, 6) is 0.994. The number of thiazole rings is 1. The highest BCUT2D eigenvalue weighted by atomic mass is 32.1. The van der Waals surface area contributed by atoms with Gasteiger partial charge in [-0.05, 0) is 19.4 Å². The molecule has 0 aliphatic heterocycles. The van der Waals surface area contributed by atoms with Crippen LogP contribution in [0.3, 0.4) is 0 Å². The zero-order chi connectivity index (χ0) is 12.3. The lowest BCUT2D eigenvalue weighted by molar-refractivity contribution is 0.859. The van der Waals surface area contributed by atoms with Crippen molar-refractivity contribution in [3.8, 4) is 0 Å². The highest BCUT2D eigenvalue weighted by molar-refractivity contribution is 7.11. The average Bonchev–Trinajstić information content (AvgIpc) is 2.77. The third-order valence-corrected chi connectivity index (χ3v) is 3.65. The van der Waals surface area contributed by atoms with E-state index in [-0.39, 0.29) is 12.0 Å². The molecule has 1 unspecified atom stereocenters. The first-order chi connectivity index (χ1) is 8.19. The van der Waals surface area contributed by atoms with Crippen molar-refractivity contribution in [1.29, 1.82) is 0 Å². The highest BCUT2D eigenvalue weighted by Gasteiger charge is 2.10. The van der Waals surface area contributed by atoms with Gasteiger partial charge in [-0.3, -0.25) is 0 Å². The normalized spacial score (nSPS) is 12.4. The number of hydrogen-bond acceptors (Lipinski definition) is 6. The Morgan fingerprint density at radius 3 is 2.94 bits per heavy atom. The fourth-order valence-corrected chi connectivity index (χ4v) is 2.28. The highest BCUT2D eigenvalue weighted by Crippen LogP contribution is 2.23. The topological polar surface area (TPSA) is 76.7 Å². The number of aryl methyl sites for hydroxylation is 1. The molecule has 0 aliphatic carbocycles. The van der Waals surface area contributed by atoms with E-state index in [9.17, 15) is 0 Å². The first kappa shape index (κ1) is 11.8. The van der Waals surface area contributed by atoms with E-state index in [1.807, 2.05) is 6.20 Å². The molecule has 6 heteroatoms. The first-order valence-electron chi connectivity index (χ1n) is 5.48. The molecule has 1 atom stereocenters. The van der Waals surface area contributed by atoms with Crippen LogP contribution in [-0.2, 0) is 6.42 Å². The fraction of sp³-hybridized carbons (Fsp3) is 0.364. The van der Waals surface area contributed by atoms with Gasteiger partial charge in [-0.25, -0.2) is 9.97 Å². The van der Waals surface area contributed by atoms with E-state index in [0.717, 1.165) is 17.2 Å². The van der Waals surface area contributed by atoms with Gasteiger partial charge in [-0.2, -0.15) is 4.98 Å². The molecule has 2 aromatic heterocycles. The molecule has 2 aromatic rings. The summed E-state index contributed by atoms with van der Waals surface area (Å²) >= 11 is 1.72. The van der Waals surface area contributed by atoms with Crippen LogP contribution < -0.4 is 11.1 Å². The Morgan fingerprint density at radius 2 is 2.29 bits per heavy atom. The Labute approximate surface area is 104 Å². The number of hydrogen-bond donors (Lipinski definition) is 2. The van der Waals surface area contributed by atoms with Crippen molar-refractivity contribution >= 4 is 23.1 Å². The molecule has 17 heavy (non-hydrogen) atoms. The van der Waals surface area contributed by atoms with E-state index in [1.165, 1.54) is 4.88 Å². The van der Waals surface area contributed by atoms with Gasteiger partial charge in [0.15, 0.2) is 0 Å². The number of rotatable bonds is 4. The first-order valence-corrected chi connectivity index (χ1v) is 6.30. The molecule has 0 amide bonds. The van der Waals surface area contributed by atoms with E-state index >= 15 is 0 Å². The van der Waals surface area contributed by atoms with Gasteiger partial charge in [0.05, 0.1) is 6.04 Å². The lowest BCUT2D eigenvalue weighted by Gasteiger charge is -2.11. The summed E-state index contributed by atoms with van der Waals surface area (Å²) in [7, 11) is 0. The second-order valence-electron chi connectivity index (χ2n) is 3.68. The summed E-state index contributed by atoms with van der Waals surface area (Å²) < 4.78 is 0. The van der Waals surface area contributed by atoms with E-state index in [1.54, 1.807) is 23.6 Å². The molecule has 0 saturated heterocycles. The van der Waals surface area contributed by atoms with Crippen molar-refractivity contribution < 1.29 is 0 Å². The number of nitrogens with zero attached hydrogens (tertiary/aromatic N) is 3. The van der Waals surface area contributed by atoms with E-state index in [2.05, 4.69) is 34.1 Å². The van der Waals surface area contributed by atoms with Crippen molar-refractivity contribution in [3.05, 3.63) is 28.3 Å². The quantitative estimate of drug-likeness (QED) is 0.869. The summed E-state index contributed by atoms with van der Waals surface area (Å²) in [6.45, 7) is 4.18. The lowest BCUT2D eigenvalue weighted by Crippen LogP contribution is -2.08.